The van der Waals surface area contributed by atoms with Gasteiger partial charge in [-0.05, 0) is 53.0 Å². The van der Waals surface area contributed by atoms with Gasteiger partial charge in [0.05, 0.1) is 6.10 Å². The van der Waals surface area contributed by atoms with E-state index in [9.17, 15) is 0 Å². The van der Waals surface area contributed by atoms with Crippen LogP contribution in [0.25, 0.3) is 0 Å². The van der Waals surface area contributed by atoms with Gasteiger partial charge < -0.3 is 10.1 Å². The van der Waals surface area contributed by atoms with Crippen molar-refractivity contribution in [2.45, 2.75) is 71.6 Å². The topological polar surface area (TPSA) is 24.5 Å². The number of ether oxygens (including phenoxy) is 1. The molecule has 1 aliphatic rings. The molecular formula is C16H34N2O. The number of likely N-dealkylation sites (N-methyl/N-ethyl adjacent to an activating group) is 1. The van der Waals surface area contributed by atoms with Crippen molar-refractivity contribution in [2.75, 3.05) is 26.7 Å². The lowest BCUT2D eigenvalue weighted by molar-refractivity contribution is -0.0120. The lowest BCUT2D eigenvalue weighted by Crippen LogP contribution is -2.50. The van der Waals surface area contributed by atoms with Gasteiger partial charge in [0.1, 0.15) is 0 Å². The van der Waals surface area contributed by atoms with Crippen LogP contribution in [0.15, 0.2) is 0 Å². The fourth-order valence-electron chi connectivity index (χ4n) is 2.72. The summed E-state index contributed by atoms with van der Waals surface area (Å²) in [4.78, 5) is 2.49. The molecule has 0 bridgehead atoms. The minimum Gasteiger partial charge on any atom is -0.377 e. The first-order valence-electron chi connectivity index (χ1n) is 7.86. The number of rotatable bonds is 6. The van der Waals surface area contributed by atoms with Crippen LogP contribution in [0.1, 0.15) is 53.9 Å². The minimum atomic E-state index is 0.190. The molecule has 1 saturated heterocycles. The highest BCUT2D eigenvalue weighted by Gasteiger charge is 2.24. The predicted molar refractivity (Wildman–Crippen MR) is 82.6 cm³/mol. The Balaban J connectivity index is 2.44. The molecule has 0 saturated carbocycles. The molecule has 0 aromatic carbocycles. The van der Waals surface area contributed by atoms with Gasteiger partial charge in [-0.1, -0.05) is 13.8 Å². The second-order valence-electron chi connectivity index (χ2n) is 7.37. The standard InChI is InChI=1S/C16H34N2O/c1-13(2)15(11-17-16(3,4)5)18(6)12-14-9-7-8-10-19-14/h13-15,17H,7-12H2,1-6H3. The Hall–Kier alpha value is -0.120. The van der Waals surface area contributed by atoms with Gasteiger partial charge in [0.25, 0.3) is 0 Å². The van der Waals surface area contributed by atoms with Gasteiger partial charge >= 0.3 is 0 Å². The fourth-order valence-corrected chi connectivity index (χ4v) is 2.72. The molecule has 0 radical (unpaired) electrons. The summed E-state index contributed by atoms with van der Waals surface area (Å²) in [7, 11) is 2.24. The van der Waals surface area contributed by atoms with Crippen LogP contribution in [0.5, 0.6) is 0 Å². The maximum absolute atomic E-state index is 5.86. The first kappa shape index (κ1) is 16.9. The van der Waals surface area contributed by atoms with Crippen LogP contribution in [0.3, 0.4) is 0 Å². The van der Waals surface area contributed by atoms with Gasteiger partial charge in [0.15, 0.2) is 0 Å². The molecule has 2 unspecified atom stereocenters. The summed E-state index contributed by atoms with van der Waals surface area (Å²) in [6.07, 6.45) is 4.22. The number of hydrogen-bond acceptors (Lipinski definition) is 3. The third-order valence-corrected chi connectivity index (χ3v) is 3.94. The molecular weight excluding hydrogens is 236 g/mol. The Labute approximate surface area is 120 Å². The van der Waals surface area contributed by atoms with Crippen molar-refractivity contribution in [2.24, 2.45) is 5.92 Å². The van der Waals surface area contributed by atoms with E-state index < -0.39 is 0 Å². The van der Waals surface area contributed by atoms with E-state index in [0.717, 1.165) is 19.7 Å². The van der Waals surface area contributed by atoms with E-state index >= 15 is 0 Å². The predicted octanol–water partition coefficient (Wildman–Crippen LogP) is 2.90. The van der Waals surface area contributed by atoms with Crippen molar-refractivity contribution >= 4 is 0 Å². The lowest BCUT2D eigenvalue weighted by Gasteiger charge is -2.36. The molecule has 1 heterocycles. The highest BCUT2D eigenvalue weighted by Crippen LogP contribution is 2.17. The molecule has 2 atom stereocenters. The molecule has 114 valence electrons. The van der Waals surface area contributed by atoms with Gasteiger partial charge in [-0.3, -0.25) is 4.90 Å². The summed E-state index contributed by atoms with van der Waals surface area (Å²) in [5, 5.41) is 3.64. The molecule has 1 rings (SSSR count). The van der Waals surface area contributed by atoms with E-state index in [1.165, 1.54) is 19.3 Å². The van der Waals surface area contributed by atoms with Crippen molar-refractivity contribution < 1.29 is 4.74 Å². The van der Waals surface area contributed by atoms with Crippen LogP contribution < -0.4 is 5.32 Å². The lowest BCUT2D eigenvalue weighted by atomic mass is 9.99. The minimum absolute atomic E-state index is 0.190. The van der Waals surface area contributed by atoms with Crippen molar-refractivity contribution in [3.05, 3.63) is 0 Å². The van der Waals surface area contributed by atoms with E-state index in [2.05, 4.69) is 51.9 Å². The molecule has 19 heavy (non-hydrogen) atoms. The molecule has 1 aliphatic heterocycles. The molecule has 0 aliphatic carbocycles. The summed E-state index contributed by atoms with van der Waals surface area (Å²) in [6.45, 7) is 14.4. The van der Waals surface area contributed by atoms with Crippen molar-refractivity contribution in [3.63, 3.8) is 0 Å². The van der Waals surface area contributed by atoms with Gasteiger partial charge in [0, 0.05) is 31.3 Å². The van der Waals surface area contributed by atoms with Crippen LogP contribution >= 0.6 is 0 Å². The first-order chi connectivity index (χ1) is 8.79. The van der Waals surface area contributed by atoms with Gasteiger partial charge in [-0.25, -0.2) is 0 Å². The van der Waals surface area contributed by atoms with E-state index in [4.69, 9.17) is 4.74 Å². The van der Waals surface area contributed by atoms with E-state index in [0.29, 0.717) is 18.1 Å². The largest absolute Gasteiger partial charge is 0.377 e. The summed E-state index contributed by atoms with van der Waals surface area (Å²) < 4.78 is 5.86. The molecule has 1 fully saturated rings. The molecule has 1 N–H and O–H groups in total. The van der Waals surface area contributed by atoms with Crippen LogP contribution in [0.2, 0.25) is 0 Å². The van der Waals surface area contributed by atoms with Crippen LogP contribution in [0, 0.1) is 5.92 Å². The van der Waals surface area contributed by atoms with Crippen molar-refractivity contribution in [1.82, 2.24) is 10.2 Å². The third kappa shape index (κ3) is 6.73. The quantitative estimate of drug-likeness (QED) is 0.803. The molecule has 0 aromatic heterocycles. The Morgan fingerprint density at radius 3 is 2.42 bits per heavy atom. The average Bonchev–Trinajstić information content (AvgIpc) is 2.28. The Morgan fingerprint density at radius 1 is 1.26 bits per heavy atom. The summed E-state index contributed by atoms with van der Waals surface area (Å²) in [5.74, 6) is 0.656. The highest BCUT2D eigenvalue weighted by atomic mass is 16.5. The monoisotopic (exact) mass is 270 g/mol. The molecule has 3 nitrogen and oxygen atoms in total. The Bertz CT molecular complexity index is 242. The van der Waals surface area contributed by atoms with Gasteiger partial charge in [-0.15, -0.1) is 0 Å². The highest BCUT2D eigenvalue weighted by molar-refractivity contribution is 4.81. The summed E-state index contributed by atoms with van der Waals surface area (Å²) in [5.41, 5.74) is 0.190. The Morgan fingerprint density at radius 2 is 1.95 bits per heavy atom. The number of hydrogen-bond donors (Lipinski definition) is 1. The van der Waals surface area contributed by atoms with Crippen molar-refractivity contribution in [3.8, 4) is 0 Å². The summed E-state index contributed by atoms with van der Waals surface area (Å²) in [6, 6.07) is 0.574. The van der Waals surface area contributed by atoms with Crippen molar-refractivity contribution in [1.29, 1.82) is 0 Å². The number of nitrogens with zero attached hydrogens (tertiary/aromatic N) is 1. The average molecular weight is 270 g/mol. The third-order valence-electron chi connectivity index (χ3n) is 3.94. The van der Waals surface area contributed by atoms with Gasteiger partial charge in [-0.2, -0.15) is 0 Å². The number of nitrogens with one attached hydrogen (secondary N) is 1. The second-order valence-corrected chi connectivity index (χ2v) is 7.37. The Kier molecular flexibility index (Phi) is 6.78. The zero-order chi connectivity index (χ0) is 14.5. The first-order valence-corrected chi connectivity index (χ1v) is 7.86. The molecule has 0 aromatic rings. The van der Waals surface area contributed by atoms with Crippen LogP contribution in [-0.2, 0) is 4.74 Å². The maximum Gasteiger partial charge on any atom is 0.0702 e. The maximum atomic E-state index is 5.86. The molecule has 3 heteroatoms. The second kappa shape index (κ2) is 7.61. The fraction of sp³-hybridized carbons (Fsp3) is 1.00. The zero-order valence-electron chi connectivity index (χ0n) is 13.8. The van der Waals surface area contributed by atoms with Gasteiger partial charge in [0.2, 0.25) is 0 Å². The molecule has 0 spiro atoms. The van der Waals surface area contributed by atoms with E-state index in [1.807, 2.05) is 0 Å². The SMILES string of the molecule is CC(C)C(CNC(C)(C)C)N(C)CC1CCCCO1. The van der Waals surface area contributed by atoms with Crippen LogP contribution in [0.4, 0.5) is 0 Å². The van der Waals surface area contributed by atoms with E-state index in [1.54, 1.807) is 0 Å². The molecule has 0 amide bonds. The van der Waals surface area contributed by atoms with E-state index in [-0.39, 0.29) is 5.54 Å². The zero-order valence-corrected chi connectivity index (χ0v) is 13.8. The van der Waals surface area contributed by atoms with Crippen LogP contribution in [-0.4, -0.2) is 49.3 Å². The summed E-state index contributed by atoms with van der Waals surface area (Å²) >= 11 is 0. The smallest absolute Gasteiger partial charge is 0.0702 e. The normalized spacial score (nSPS) is 23.1.